The molecular formula is C24H21NOS2. The molecule has 5 rings (SSSR count). The highest BCUT2D eigenvalue weighted by molar-refractivity contribution is 8.07. The van der Waals surface area contributed by atoms with Crippen LogP contribution in [-0.2, 0) is 16.1 Å². The molecule has 2 aliphatic heterocycles. The summed E-state index contributed by atoms with van der Waals surface area (Å²) in [6.45, 7) is 0.616. The van der Waals surface area contributed by atoms with Crippen LogP contribution in [0.5, 0.6) is 0 Å². The zero-order valence-electron chi connectivity index (χ0n) is 15.5. The lowest BCUT2D eigenvalue weighted by Crippen LogP contribution is -2.43. The highest BCUT2D eigenvalue weighted by Crippen LogP contribution is 2.62. The van der Waals surface area contributed by atoms with Crippen LogP contribution < -0.4 is 4.90 Å². The van der Waals surface area contributed by atoms with E-state index >= 15 is 0 Å². The molecule has 0 aliphatic carbocycles. The fraction of sp³-hybridized carbons (Fsp3) is 0.208. The molecule has 2 nitrogen and oxygen atoms in total. The van der Waals surface area contributed by atoms with Gasteiger partial charge in [-0.2, -0.15) is 11.8 Å². The van der Waals surface area contributed by atoms with Crippen molar-refractivity contribution in [3.05, 3.63) is 102 Å². The van der Waals surface area contributed by atoms with Crippen LogP contribution in [0, 0.1) is 0 Å². The molecule has 1 amide bonds. The number of thioether (sulfide) groups is 2. The normalized spacial score (nSPS) is 23.8. The molecule has 28 heavy (non-hydrogen) atoms. The van der Waals surface area contributed by atoms with Crippen LogP contribution in [0.1, 0.15) is 21.9 Å². The third kappa shape index (κ3) is 2.78. The highest BCUT2D eigenvalue weighted by atomic mass is 32.2. The molecule has 3 aromatic rings. The Hall–Kier alpha value is -2.17. The Morgan fingerprint density at radius 3 is 2.32 bits per heavy atom. The van der Waals surface area contributed by atoms with Crippen molar-refractivity contribution in [1.82, 2.24) is 0 Å². The van der Waals surface area contributed by atoms with Crippen molar-refractivity contribution in [2.45, 2.75) is 16.5 Å². The number of rotatable bonds is 3. The quantitative estimate of drug-likeness (QED) is 0.564. The van der Waals surface area contributed by atoms with Crippen molar-refractivity contribution in [1.29, 1.82) is 0 Å². The summed E-state index contributed by atoms with van der Waals surface area (Å²) in [4.78, 5) is 16.0. The molecule has 0 aromatic heterocycles. The van der Waals surface area contributed by atoms with Gasteiger partial charge in [-0.15, -0.1) is 11.8 Å². The number of para-hydroxylation sites is 1. The van der Waals surface area contributed by atoms with Crippen LogP contribution in [0.25, 0.3) is 0 Å². The lowest BCUT2D eigenvalue weighted by molar-refractivity contribution is -0.120. The van der Waals surface area contributed by atoms with Gasteiger partial charge in [0, 0.05) is 22.8 Å². The van der Waals surface area contributed by atoms with E-state index in [1.54, 1.807) is 0 Å². The first-order valence-corrected chi connectivity index (χ1v) is 11.6. The van der Waals surface area contributed by atoms with E-state index < -0.39 is 4.75 Å². The number of benzene rings is 3. The summed E-state index contributed by atoms with van der Waals surface area (Å²) in [5.41, 5.74) is 4.63. The maximum atomic E-state index is 14.0. The van der Waals surface area contributed by atoms with Crippen LogP contribution in [0.2, 0.25) is 0 Å². The van der Waals surface area contributed by atoms with Gasteiger partial charge < -0.3 is 4.90 Å². The Kier molecular flexibility index (Phi) is 4.69. The first kappa shape index (κ1) is 17.9. The summed E-state index contributed by atoms with van der Waals surface area (Å²) in [6.07, 6.45) is 0. The van der Waals surface area contributed by atoms with Gasteiger partial charge in [0.2, 0.25) is 5.91 Å². The molecule has 0 saturated carbocycles. The molecule has 2 aliphatic rings. The van der Waals surface area contributed by atoms with Gasteiger partial charge in [0.15, 0.2) is 0 Å². The van der Waals surface area contributed by atoms with Crippen molar-refractivity contribution < 1.29 is 4.79 Å². The van der Waals surface area contributed by atoms with Gasteiger partial charge in [0.05, 0.1) is 11.8 Å². The number of hydrogen-bond acceptors (Lipinski definition) is 3. The molecule has 4 heteroatoms. The smallest absolute Gasteiger partial charge is 0.249 e. The second-order valence-electron chi connectivity index (χ2n) is 7.14. The van der Waals surface area contributed by atoms with Gasteiger partial charge in [-0.1, -0.05) is 78.9 Å². The number of nitrogens with zero attached hydrogens (tertiary/aromatic N) is 1. The van der Waals surface area contributed by atoms with Crippen LogP contribution >= 0.6 is 23.5 Å². The van der Waals surface area contributed by atoms with Crippen molar-refractivity contribution in [2.75, 3.05) is 16.4 Å². The van der Waals surface area contributed by atoms with Crippen LogP contribution in [-0.4, -0.2) is 17.4 Å². The average Bonchev–Trinajstić information content (AvgIpc) is 2.99. The largest absolute Gasteiger partial charge is 0.306 e. The molecule has 0 bridgehead atoms. The number of anilines is 1. The van der Waals surface area contributed by atoms with E-state index in [9.17, 15) is 4.79 Å². The third-order valence-electron chi connectivity index (χ3n) is 5.51. The summed E-state index contributed by atoms with van der Waals surface area (Å²) < 4.78 is -0.546. The number of carbonyl (C=O) groups is 1. The van der Waals surface area contributed by atoms with Crippen molar-refractivity contribution >= 4 is 35.1 Å². The molecular weight excluding hydrogens is 382 g/mol. The average molecular weight is 404 g/mol. The minimum absolute atomic E-state index is 0.127. The van der Waals surface area contributed by atoms with Gasteiger partial charge in [0.1, 0.15) is 4.75 Å². The Morgan fingerprint density at radius 1 is 0.857 bits per heavy atom. The predicted molar refractivity (Wildman–Crippen MR) is 120 cm³/mol. The Labute approximate surface area is 174 Å². The standard InChI is InChI=1S/C24H21NOS2/c26-23-24(22(27-15-16-28-24)19-11-5-2-6-12-19)20-13-7-8-14-21(20)25(23)17-18-9-3-1-4-10-18/h1-14,22H,15-17H2/t22-,24-/m0/s1. The molecule has 140 valence electrons. The Morgan fingerprint density at radius 2 is 1.54 bits per heavy atom. The minimum Gasteiger partial charge on any atom is -0.306 e. The molecule has 0 radical (unpaired) electrons. The zero-order chi connectivity index (χ0) is 19.0. The van der Waals surface area contributed by atoms with Crippen LogP contribution in [0.15, 0.2) is 84.9 Å². The number of fused-ring (bicyclic) bond motifs is 2. The lowest BCUT2D eigenvalue weighted by atomic mass is 9.91. The maximum Gasteiger partial charge on any atom is 0.249 e. The summed E-state index contributed by atoms with van der Waals surface area (Å²) in [5.74, 6) is 2.29. The fourth-order valence-corrected chi connectivity index (χ4v) is 7.63. The molecule has 2 heterocycles. The monoisotopic (exact) mass is 403 g/mol. The summed E-state index contributed by atoms with van der Waals surface area (Å²) in [6, 6.07) is 29.2. The zero-order valence-corrected chi connectivity index (χ0v) is 17.1. The second-order valence-corrected chi connectivity index (χ2v) is 9.69. The van der Waals surface area contributed by atoms with E-state index in [0.29, 0.717) is 6.54 Å². The van der Waals surface area contributed by atoms with E-state index in [-0.39, 0.29) is 11.2 Å². The fourth-order valence-electron chi connectivity index (χ4n) is 4.28. The number of hydrogen-bond donors (Lipinski definition) is 0. The van der Waals surface area contributed by atoms with Gasteiger partial charge in [-0.3, -0.25) is 4.79 Å². The Bertz CT molecular complexity index is 992. The van der Waals surface area contributed by atoms with Crippen LogP contribution in [0.4, 0.5) is 5.69 Å². The lowest BCUT2D eigenvalue weighted by Gasteiger charge is -2.39. The third-order valence-corrected chi connectivity index (χ3v) is 8.81. The molecule has 1 spiro atoms. The maximum absolute atomic E-state index is 14.0. The molecule has 1 saturated heterocycles. The molecule has 0 N–H and O–H groups in total. The van der Waals surface area contributed by atoms with Gasteiger partial charge in [-0.05, 0) is 17.2 Å². The van der Waals surface area contributed by atoms with Gasteiger partial charge in [-0.25, -0.2) is 0 Å². The van der Waals surface area contributed by atoms with E-state index in [4.69, 9.17) is 0 Å². The summed E-state index contributed by atoms with van der Waals surface area (Å²) >= 11 is 3.75. The summed E-state index contributed by atoms with van der Waals surface area (Å²) in [5, 5.41) is 0.127. The molecule has 1 fully saturated rings. The van der Waals surface area contributed by atoms with E-state index in [0.717, 1.165) is 22.8 Å². The molecule has 0 unspecified atom stereocenters. The molecule has 2 atom stereocenters. The van der Waals surface area contributed by atoms with Crippen molar-refractivity contribution in [2.24, 2.45) is 0 Å². The van der Waals surface area contributed by atoms with Gasteiger partial charge >= 0.3 is 0 Å². The molecule has 3 aromatic carbocycles. The van der Waals surface area contributed by atoms with Crippen molar-refractivity contribution in [3.8, 4) is 0 Å². The topological polar surface area (TPSA) is 20.3 Å². The summed E-state index contributed by atoms with van der Waals surface area (Å²) in [7, 11) is 0. The van der Waals surface area contributed by atoms with E-state index in [1.807, 2.05) is 58.8 Å². The number of amides is 1. The predicted octanol–water partition coefficient (Wildman–Crippen LogP) is 5.65. The SMILES string of the molecule is O=C1N(Cc2ccccc2)c2ccccc2[C@@]12SCCS[C@H]2c1ccccc1. The van der Waals surface area contributed by atoms with E-state index in [1.165, 1.54) is 11.1 Å². The first-order chi connectivity index (χ1) is 13.8. The first-order valence-electron chi connectivity index (χ1n) is 9.56. The minimum atomic E-state index is -0.546. The highest BCUT2D eigenvalue weighted by Gasteiger charge is 2.57. The Balaban J connectivity index is 1.63. The van der Waals surface area contributed by atoms with Gasteiger partial charge in [0.25, 0.3) is 0 Å². The number of carbonyl (C=O) groups excluding carboxylic acids is 1. The van der Waals surface area contributed by atoms with E-state index in [2.05, 4.69) is 54.6 Å². The van der Waals surface area contributed by atoms with Crippen molar-refractivity contribution in [3.63, 3.8) is 0 Å². The second kappa shape index (κ2) is 7.34. The van der Waals surface area contributed by atoms with Crippen LogP contribution in [0.3, 0.4) is 0 Å².